The Balaban J connectivity index is 1.90. The lowest BCUT2D eigenvalue weighted by molar-refractivity contribution is 0.0952. The molecule has 0 radical (unpaired) electrons. The molecule has 1 heterocycles. The molecule has 5 heteroatoms. The van der Waals surface area contributed by atoms with Gasteiger partial charge in [0.2, 0.25) is 0 Å². The van der Waals surface area contributed by atoms with Crippen LogP contribution in [0.1, 0.15) is 42.1 Å². The number of amides is 1. The van der Waals surface area contributed by atoms with E-state index in [1.807, 2.05) is 12.1 Å². The van der Waals surface area contributed by atoms with Crippen LogP contribution in [0.15, 0.2) is 42.6 Å². The molecule has 0 spiro atoms. The first-order valence-corrected chi connectivity index (χ1v) is 7.74. The molecule has 0 aliphatic carbocycles. The number of nitrogens with one attached hydrogen (secondary N) is 2. The summed E-state index contributed by atoms with van der Waals surface area (Å²) in [6.07, 6.45) is 4.80. The fourth-order valence-electron chi connectivity index (χ4n) is 2.06. The van der Waals surface area contributed by atoms with Gasteiger partial charge in [-0.05, 0) is 42.8 Å². The third kappa shape index (κ3) is 5.11. The highest BCUT2D eigenvalue weighted by Crippen LogP contribution is 2.15. The van der Waals surface area contributed by atoms with Crippen molar-refractivity contribution < 1.29 is 4.79 Å². The molecule has 1 amide bonds. The van der Waals surface area contributed by atoms with Crippen LogP contribution in [0.2, 0.25) is 0 Å². The van der Waals surface area contributed by atoms with E-state index in [1.54, 1.807) is 30.5 Å². The van der Waals surface area contributed by atoms with Crippen molar-refractivity contribution in [2.24, 2.45) is 0 Å². The molecule has 0 unspecified atom stereocenters. The quantitative estimate of drug-likeness (QED) is 0.766. The maximum atomic E-state index is 11.9. The molecule has 0 fully saturated rings. The molecular formula is C18H20N4O. The van der Waals surface area contributed by atoms with Crippen molar-refractivity contribution in [3.63, 3.8) is 0 Å². The minimum Gasteiger partial charge on any atom is -0.352 e. The molecule has 0 atom stereocenters. The molecule has 0 saturated heterocycles. The second-order valence-electron chi connectivity index (χ2n) is 5.21. The Kier molecular flexibility index (Phi) is 6.13. The maximum absolute atomic E-state index is 11.9. The van der Waals surface area contributed by atoms with Crippen molar-refractivity contribution >= 4 is 17.4 Å². The van der Waals surface area contributed by atoms with E-state index in [0.29, 0.717) is 23.5 Å². The molecular weight excluding hydrogens is 288 g/mol. The van der Waals surface area contributed by atoms with E-state index >= 15 is 0 Å². The number of unbranched alkanes of at least 4 members (excludes halogenated alkanes) is 2. The van der Waals surface area contributed by atoms with Gasteiger partial charge in [-0.15, -0.1) is 0 Å². The van der Waals surface area contributed by atoms with E-state index < -0.39 is 0 Å². The van der Waals surface area contributed by atoms with Gasteiger partial charge in [0.1, 0.15) is 5.82 Å². The Morgan fingerprint density at radius 2 is 1.96 bits per heavy atom. The predicted octanol–water partition coefficient (Wildman–Crippen LogP) is 3.62. The van der Waals surface area contributed by atoms with Crippen molar-refractivity contribution in [2.45, 2.75) is 26.2 Å². The molecule has 1 aromatic carbocycles. The monoisotopic (exact) mass is 308 g/mol. The largest absolute Gasteiger partial charge is 0.352 e. The Morgan fingerprint density at radius 3 is 2.57 bits per heavy atom. The van der Waals surface area contributed by atoms with Gasteiger partial charge in [0.15, 0.2) is 0 Å². The normalized spacial score (nSPS) is 9.91. The van der Waals surface area contributed by atoms with Gasteiger partial charge in [-0.2, -0.15) is 5.26 Å². The minimum absolute atomic E-state index is 0.0986. The van der Waals surface area contributed by atoms with Gasteiger partial charge in [0.05, 0.1) is 17.2 Å². The number of carbonyl (C=O) groups is 1. The van der Waals surface area contributed by atoms with Gasteiger partial charge < -0.3 is 10.6 Å². The zero-order valence-electron chi connectivity index (χ0n) is 13.2. The SMILES string of the molecule is CCCCCNC(=O)c1ccc(Nc2ccc(C#N)cc2)nc1. The molecule has 2 rings (SSSR count). The van der Waals surface area contributed by atoms with Crippen molar-refractivity contribution in [3.05, 3.63) is 53.7 Å². The van der Waals surface area contributed by atoms with E-state index in [-0.39, 0.29) is 5.91 Å². The summed E-state index contributed by atoms with van der Waals surface area (Å²) in [5, 5.41) is 14.8. The highest BCUT2D eigenvalue weighted by molar-refractivity contribution is 5.94. The Hall–Kier alpha value is -2.87. The van der Waals surface area contributed by atoms with E-state index in [2.05, 4.69) is 28.6 Å². The molecule has 0 aliphatic heterocycles. The second kappa shape index (κ2) is 8.54. The standard InChI is InChI=1S/C18H20N4O/c1-2-3-4-11-20-18(23)15-7-10-17(21-13-15)22-16-8-5-14(12-19)6-9-16/h5-10,13H,2-4,11H2,1H3,(H,20,23)(H,21,22). The first kappa shape index (κ1) is 16.5. The molecule has 5 nitrogen and oxygen atoms in total. The lowest BCUT2D eigenvalue weighted by Gasteiger charge is -2.07. The van der Waals surface area contributed by atoms with Crippen LogP contribution in [-0.2, 0) is 0 Å². The fourth-order valence-corrected chi connectivity index (χ4v) is 2.06. The number of anilines is 2. The van der Waals surface area contributed by atoms with Crippen molar-refractivity contribution in [2.75, 3.05) is 11.9 Å². The summed E-state index contributed by atoms with van der Waals surface area (Å²) in [5.41, 5.74) is 2.00. The maximum Gasteiger partial charge on any atom is 0.252 e. The fraction of sp³-hybridized carbons (Fsp3) is 0.278. The van der Waals surface area contributed by atoms with E-state index in [1.165, 1.54) is 0 Å². The summed E-state index contributed by atoms with van der Waals surface area (Å²) in [7, 11) is 0. The molecule has 23 heavy (non-hydrogen) atoms. The summed E-state index contributed by atoms with van der Waals surface area (Å²) >= 11 is 0. The van der Waals surface area contributed by atoms with Crippen LogP contribution in [0.25, 0.3) is 0 Å². The van der Waals surface area contributed by atoms with Crippen LogP contribution in [-0.4, -0.2) is 17.4 Å². The number of aromatic nitrogens is 1. The number of hydrogen-bond acceptors (Lipinski definition) is 4. The Bertz CT molecular complexity index is 672. The molecule has 0 bridgehead atoms. The van der Waals surface area contributed by atoms with Crippen LogP contribution in [0, 0.1) is 11.3 Å². The van der Waals surface area contributed by atoms with Gasteiger partial charge in [0, 0.05) is 18.4 Å². The predicted molar refractivity (Wildman–Crippen MR) is 90.5 cm³/mol. The van der Waals surface area contributed by atoms with Crippen LogP contribution >= 0.6 is 0 Å². The number of hydrogen-bond donors (Lipinski definition) is 2. The van der Waals surface area contributed by atoms with Crippen molar-refractivity contribution in [1.82, 2.24) is 10.3 Å². The average Bonchev–Trinajstić information content (AvgIpc) is 2.60. The Morgan fingerprint density at radius 1 is 1.17 bits per heavy atom. The van der Waals surface area contributed by atoms with Gasteiger partial charge in [0.25, 0.3) is 5.91 Å². The number of rotatable bonds is 7. The molecule has 0 aliphatic rings. The first-order chi connectivity index (χ1) is 11.2. The third-order valence-electron chi connectivity index (χ3n) is 3.38. The van der Waals surface area contributed by atoms with Gasteiger partial charge in [-0.1, -0.05) is 19.8 Å². The summed E-state index contributed by atoms with van der Waals surface area (Å²) < 4.78 is 0. The van der Waals surface area contributed by atoms with Crippen LogP contribution in [0.5, 0.6) is 0 Å². The van der Waals surface area contributed by atoms with Crippen LogP contribution in [0.4, 0.5) is 11.5 Å². The van der Waals surface area contributed by atoms with Gasteiger partial charge >= 0.3 is 0 Å². The summed E-state index contributed by atoms with van der Waals surface area (Å²) in [5.74, 6) is 0.552. The number of nitrogens with zero attached hydrogens (tertiary/aromatic N) is 2. The van der Waals surface area contributed by atoms with Crippen LogP contribution in [0.3, 0.4) is 0 Å². The van der Waals surface area contributed by atoms with Gasteiger partial charge in [-0.25, -0.2) is 4.98 Å². The number of benzene rings is 1. The van der Waals surface area contributed by atoms with E-state index in [4.69, 9.17) is 5.26 Å². The molecule has 2 aromatic rings. The lowest BCUT2D eigenvalue weighted by Crippen LogP contribution is -2.24. The van der Waals surface area contributed by atoms with Gasteiger partial charge in [-0.3, -0.25) is 4.79 Å². The van der Waals surface area contributed by atoms with E-state index in [9.17, 15) is 4.79 Å². The van der Waals surface area contributed by atoms with Crippen molar-refractivity contribution in [1.29, 1.82) is 5.26 Å². The zero-order chi connectivity index (χ0) is 16.5. The zero-order valence-corrected chi connectivity index (χ0v) is 13.2. The molecule has 0 saturated carbocycles. The number of nitriles is 1. The smallest absolute Gasteiger partial charge is 0.252 e. The number of pyridine rings is 1. The Labute approximate surface area is 136 Å². The minimum atomic E-state index is -0.0986. The molecule has 118 valence electrons. The lowest BCUT2D eigenvalue weighted by atomic mass is 10.2. The second-order valence-corrected chi connectivity index (χ2v) is 5.21. The third-order valence-corrected chi connectivity index (χ3v) is 3.38. The van der Waals surface area contributed by atoms with E-state index in [0.717, 1.165) is 24.9 Å². The van der Waals surface area contributed by atoms with Crippen LogP contribution < -0.4 is 10.6 Å². The van der Waals surface area contributed by atoms with Crippen molar-refractivity contribution in [3.8, 4) is 6.07 Å². The topological polar surface area (TPSA) is 77.8 Å². The summed E-state index contributed by atoms with van der Waals surface area (Å²) in [4.78, 5) is 16.2. The average molecular weight is 308 g/mol. The molecule has 1 aromatic heterocycles. The first-order valence-electron chi connectivity index (χ1n) is 7.74. The number of carbonyl (C=O) groups excluding carboxylic acids is 1. The highest BCUT2D eigenvalue weighted by Gasteiger charge is 2.05. The highest BCUT2D eigenvalue weighted by atomic mass is 16.1. The summed E-state index contributed by atoms with van der Waals surface area (Å²) in [6.45, 7) is 2.82. The summed E-state index contributed by atoms with van der Waals surface area (Å²) in [6, 6.07) is 12.7. The molecule has 2 N–H and O–H groups in total.